The quantitative estimate of drug-likeness (QED) is 0.129. The molecule has 7 aromatic carbocycles. The van der Waals surface area contributed by atoms with Crippen LogP contribution in [0.1, 0.15) is 0 Å². The lowest BCUT2D eigenvalue weighted by atomic mass is 10.1. The van der Waals surface area contributed by atoms with Gasteiger partial charge in [0.25, 0.3) is 0 Å². The Morgan fingerprint density at radius 1 is 0.472 bits per heavy atom. The largest absolute Gasteiger partial charge is 0.311 e. The molecule has 1 unspecified atom stereocenters. The molecule has 2 aromatic heterocycles. The molecule has 0 N–H and O–H groups in total. The second-order valence-corrected chi connectivity index (χ2v) is 19.8. The Kier molecular flexibility index (Phi) is 7.39. The van der Waals surface area contributed by atoms with Gasteiger partial charge in [-0.2, -0.15) is 0 Å². The van der Waals surface area contributed by atoms with Gasteiger partial charge in [-0.1, -0.05) is 133 Å². The minimum atomic E-state index is -3.41. The summed E-state index contributed by atoms with van der Waals surface area (Å²) in [7, 11) is -6.15. The third-order valence-electron chi connectivity index (χ3n) is 10.8. The van der Waals surface area contributed by atoms with Crippen molar-refractivity contribution >= 4 is 85.6 Å². The van der Waals surface area contributed by atoms with Crippen molar-refractivity contribution < 1.29 is 4.57 Å². The molecule has 4 nitrogen and oxygen atoms in total. The maximum atomic E-state index is 15.9. The van der Waals surface area contributed by atoms with Crippen LogP contribution in [0.3, 0.4) is 0 Å². The Hall–Kier alpha value is -6.26. The molecule has 0 saturated carbocycles. The number of para-hydroxylation sites is 3. The number of anilines is 3. The zero-order valence-electron chi connectivity index (χ0n) is 28.8. The minimum Gasteiger partial charge on any atom is -0.311 e. The van der Waals surface area contributed by atoms with E-state index in [1.165, 1.54) is 32.1 Å². The summed E-state index contributed by atoms with van der Waals surface area (Å²) < 4.78 is 18.0. The number of fused-ring (bicyclic) bond motifs is 5. The highest BCUT2D eigenvalue weighted by Crippen LogP contribution is 2.52. The molecule has 9 aromatic rings. The summed E-state index contributed by atoms with van der Waals surface area (Å²) in [5.74, 6) is 0. The number of rotatable bonds is 6. The van der Waals surface area contributed by atoms with E-state index in [4.69, 9.17) is 0 Å². The standard InChI is InChI=1S/C47H34N3OPSi/c51-52(36-17-4-1-5-18-36,37-19-16-32-48-34-37)50-42-25-11-10-24-40(42)41-33-35(30-31-43(41)50)49-44-26-12-14-28-46(44)53(38-20-6-2-7-21-38,39-22-8-3-9-23-39)47-29-15-13-27-45(47)49/h1-34H. The van der Waals surface area contributed by atoms with Crippen LogP contribution in [-0.2, 0) is 4.57 Å². The first-order chi connectivity index (χ1) is 26.2. The topological polar surface area (TPSA) is 38.1 Å². The van der Waals surface area contributed by atoms with Crippen molar-refractivity contribution in [2.45, 2.75) is 0 Å². The maximum Gasteiger partial charge on any atom is 0.235 e. The van der Waals surface area contributed by atoms with Gasteiger partial charge in [-0.05, 0) is 81.4 Å². The molecular formula is C47H34N3OPSi. The van der Waals surface area contributed by atoms with Crippen LogP contribution in [0.25, 0.3) is 21.8 Å². The third-order valence-corrected chi connectivity index (χ3v) is 18.6. The van der Waals surface area contributed by atoms with Gasteiger partial charge in [-0.25, -0.2) is 0 Å². The lowest BCUT2D eigenvalue weighted by molar-refractivity contribution is 0.583. The first kappa shape index (κ1) is 31.5. The summed E-state index contributed by atoms with van der Waals surface area (Å²) in [5.41, 5.74) is 5.26. The number of hydrogen-bond acceptors (Lipinski definition) is 3. The number of benzene rings is 7. The molecule has 1 aliphatic rings. The Bertz CT molecular complexity index is 2690. The summed E-state index contributed by atoms with van der Waals surface area (Å²) in [5, 5.41) is 8.98. The summed E-state index contributed by atoms with van der Waals surface area (Å²) in [6.45, 7) is 0. The van der Waals surface area contributed by atoms with Crippen molar-refractivity contribution in [3.63, 3.8) is 0 Å². The highest BCUT2D eigenvalue weighted by molar-refractivity contribution is 7.77. The van der Waals surface area contributed by atoms with Gasteiger partial charge in [0, 0.05) is 45.5 Å². The van der Waals surface area contributed by atoms with Crippen LogP contribution in [0.15, 0.2) is 207 Å². The maximum absolute atomic E-state index is 15.9. The van der Waals surface area contributed by atoms with Crippen LogP contribution in [0.2, 0.25) is 0 Å². The number of hydrogen-bond donors (Lipinski definition) is 0. The monoisotopic (exact) mass is 715 g/mol. The molecule has 1 atom stereocenters. The van der Waals surface area contributed by atoms with Crippen LogP contribution in [0.4, 0.5) is 17.1 Å². The van der Waals surface area contributed by atoms with Crippen LogP contribution in [0, 0.1) is 0 Å². The average molecular weight is 716 g/mol. The van der Waals surface area contributed by atoms with Crippen LogP contribution >= 0.6 is 7.29 Å². The molecule has 3 heterocycles. The molecule has 10 rings (SSSR count). The van der Waals surface area contributed by atoms with Crippen molar-refractivity contribution in [2.24, 2.45) is 0 Å². The van der Waals surface area contributed by atoms with Gasteiger partial charge < -0.3 is 4.90 Å². The van der Waals surface area contributed by atoms with E-state index in [1.807, 2.05) is 48.5 Å². The number of aromatic nitrogens is 2. The fourth-order valence-electron chi connectivity index (χ4n) is 8.62. The SMILES string of the molecule is O=P(c1ccccc1)(c1cccnc1)n1c2ccccc2c2cc(N3c4ccccc4[Si](c4ccccc4)(c4ccccc4)c4ccccc43)ccc21. The highest BCUT2D eigenvalue weighted by atomic mass is 31.2. The Morgan fingerprint density at radius 3 is 1.62 bits per heavy atom. The summed E-state index contributed by atoms with van der Waals surface area (Å²) in [4.78, 5) is 6.87. The third kappa shape index (κ3) is 4.61. The zero-order chi connectivity index (χ0) is 35.4. The summed E-state index contributed by atoms with van der Waals surface area (Å²) >= 11 is 0. The van der Waals surface area contributed by atoms with Gasteiger partial charge in [0.1, 0.15) is 0 Å². The molecule has 53 heavy (non-hydrogen) atoms. The number of nitrogens with zero attached hydrogens (tertiary/aromatic N) is 3. The predicted molar refractivity (Wildman–Crippen MR) is 224 cm³/mol. The molecule has 252 valence electrons. The van der Waals surface area contributed by atoms with Gasteiger partial charge in [-0.15, -0.1) is 0 Å². The van der Waals surface area contributed by atoms with Crippen molar-refractivity contribution in [3.05, 3.63) is 207 Å². The first-order valence-electron chi connectivity index (χ1n) is 17.9. The van der Waals surface area contributed by atoms with E-state index in [0.717, 1.165) is 32.8 Å². The predicted octanol–water partition coefficient (Wildman–Crippen LogP) is 8.13. The van der Waals surface area contributed by atoms with Gasteiger partial charge >= 0.3 is 0 Å². The normalized spacial score (nSPS) is 14.4. The van der Waals surface area contributed by atoms with Crippen molar-refractivity contribution in [3.8, 4) is 0 Å². The molecule has 0 fully saturated rings. The first-order valence-corrected chi connectivity index (χ1v) is 21.6. The smallest absolute Gasteiger partial charge is 0.235 e. The Morgan fingerprint density at radius 2 is 1.00 bits per heavy atom. The number of pyridine rings is 1. The van der Waals surface area contributed by atoms with Crippen LogP contribution in [0.5, 0.6) is 0 Å². The van der Waals surface area contributed by atoms with E-state index in [-0.39, 0.29) is 0 Å². The summed E-state index contributed by atoms with van der Waals surface area (Å²) in [6, 6.07) is 68.8. The second kappa shape index (κ2) is 12.5. The molecule has 6 heteroatoms. The molecule has 0 bridgehead atoms. The van der Waals surface area contributed by atoms with Crippen molar-refractivity contribution in [1.82, 2.24) is 9.32 Å². The van der Waals surface area contributed by atoms with E-state index in [2.05, 4.69) is 160 Å². The van der Waals surface area contributed by atoms with E-state index >= 15 is 4.57 Å². The molecular weight excluding hydrogens is 682 g/mol. The van der Waals surface area contributed by atoms with Crippen molar-refractivity contribution in [2.75, 3.05) is 4.90 Å². The van der Waals surface area contributed by atoms with Gasteiger partial charge in [0.05, 0.1) is 16.3 Å². The minimum absolute atomic E-state index is 0.694. The fraction of sp³-hybridized carbons (Fsp3) is 0. The molecule has 0 aliphatic carbocycles. The van der Waals surface area contributed by atoms with Crippen molar-refractivity contribution in [1.29, 1.82) is 0 Å². The fourth-order valence-corrected chi connectivity index (χ4v) is 16.5. The van der Waals surface area contributed by atoms with Gasteiger partial charge in [-0.3, -0.25) is 13.9 Å². The molecule has 1 aliphatic heterocycles. The molecule has 0 radical (unpaired) electrons. The van der Waals surface area contributed by atoms with E-state index < -0.39 is 15.4 Å². The van der Waals surface area contributed by atoms with Crippen LogP contribution in [-0.4, -0.2) is 17.4 Å². The lowest BCUT2D eigenvalue weighted by Crippen LogP contribution is -2.77. The Balaban J connectivity index is 1.26. The second-order valence-electron chi connectivity index (χ2n) is 13.5. The van der Waals surface area contributed by atoms with Crippen LogP contribution < -0.4 is 36.3 Å². The van der Waals surface area contributed by atoms with E-state index in [9.17, 15) is 0 Å². The Labute approximate surface area is 309 Å². The van der Waals surface area contributed by atoms with E-state index in [0.29, 0.717) is 5.30 Å². The lowest BCUT2D eigenvalue weighted by Gasteiger charge is -2.45. The summed E-state index contributed by atoms with van der Waals surface area (Å²) in [6.07, 6.45) is 3.48. The molecule has 0 spiro atoms. The highest BCUT2D eigenvalue weighted by Gasteiger charge is 2.48. The van der Waals surface area contributed by atoms with E-state index in [1.54, 1.807) is 12.4 Å². The average Bonchev–Trinajstić information content (AvgIpc) is 3.58. The zero-order valence-corrected chi connectivity index (χ0v) is 30.7. The van der Waals surface area contributed by atoms with Gasteiger partial charge in [0.2, 0.25) is 7.29 Å². The van der Waals surface area contributed by atoms with Gasteiger partial charge in [0.15, 0.2) is 8.07 Å². The molecule has 0 amide bonds. The molecule has 0 saturated heterocycles.